The Kier molecular flexibility index (Phi) is 3.45. The molecule has 0 radical (unpaired) electrons. The highest BCUT2D eigenvalue weighted by molar-refractivity contribution is 6.60. The van der Waals surface area contributed by atoms with Gasteiger partial charge in [-0.2, -0.15) is 0 Å². The van der Waals surface area contributed by atoms with Crippen LogP contribution >= 0.6 is 0 Å². The minimum Gasteiger partial charge on any atom is -0.319 e. The zero-order valence-electron chi connectivity index (χ0n) is 13.5. The molecule has 2 aliphatic rings. The Morgan fingerprint density at radius 3 is 2.33 bits per heavy atom. The number of non-ortho nitro benzene ring substituents is 1. The van der Waals surface area contributed by atoms with Gasteiger partial charge >= 0.3 is 5.91 Å². The molecular weight excluding hydrogens is 354 g/mol. The van der Waals surface area contributed by atoms with Crippen molar-refractivity contribution >= 4 is 40.4 Å². The van der Waals surface area contributed by atoms with Crippen LogP contribution in [0, 0.1) is 10.1 Å². The van der Waals surface area contributed by atoms with Gasteiger partial charge in [0.1, 0.15) is 11.3 Å². The van der Waals surface area contributed by atoms with Gasteiger partial charge in [-0.1, -0.05) is 12.1 Å². The molecule has 2 aromatic rings. The summed E-state index contributed by atoms with van der Waals surface area (Å²) in [5.74, 6) is -3.70. The second-order valence-electron chi connectivity index (χ2n) is 5.80. The molecule has 0 saturated heterocycles. The van der Waals surface area contributed by atoms with Gasteiger partial charge in [-0.05, 0) is 24.3 Å². The second kappa shape index (κ2) is 5.70. The fourth-order valence-corrected chi connectivity index (χ4v) is 3.02. The third kappa shape index (κ3) is 2.33. The third-order valence-corrected chi connectivity index (χ3v) is 4.26. The molecule has 0 aliphatic carbocycles. The standard InChI is InChI=1S/C18H9N3O6/c22-15(9-5-7-10(8-6-9)21(26)27)13-14-17(24)19-11-3-1-2-4-12(11)20(14)18(25)16(13)23/h1-8H,(H,19,24). The summed E-state index contributed by atoms with van der Waals surface area (Å²) in [7, 11) is 0. The minimum atomic E-state index is -1.10. The summed E-state index contributed by atoms with van der Waals surface area (Å²) in [5, 5.41) is 13.3. The smallest absolute Gasteiger partial charge is 0.304 e. The van der Waals surface area contributed by atoms with Crippen molar-refractivity contribution in [1.29, 1.82) is 0 Å². The van der Waals surface area contributed by atoms with Crippen LogP contribution in [0.3, 0.4) is 0 Å². The maximum Gasteiger partial charge on any atom is 0.304 e. The number of nitrogens with one attached hydrogen (secondary N) is 1. The van der Waals surface area contributed by atoms with Gasteiger partial charge in [-0.25, -0.2) is 0 Å². The van der Waals surface area contributed by atoms with Gasteiger partial charge in [0.25, 0.3) is 17.4 Å². The molecule has 0 unspecified atom stereocenters. The average molecular weight is 363 g/mol. The topological polar surface area (TPSA) is 127 Å². The Labute approximate surface area is 151 Å². The number of carbonyl (C=O) groups is 4. The molecular formula is C18H9N3O6. The third-order valence-electron chi connectivity index (χ3n) is 4.26. The molecule has 0 saturated carbocycles. The highest BCUT2D eigenvalue weighted by Crippen LogP contribution is 2.39. The summed E-state index contributed by atoms with van der Waals surface area (Å²) in [6.07, 6.45) is 0. The number of anilines is 2. The number of nitro groups is 1. The number of rotatable bonds is 3. The lowest BCUT2D eigenvalue weighted by Gasteiger charge is -2.27. The van der Waals surface area contributed by atoms with Crippen LogP contribution in [0.25, 0.3) is 0 Å². The average Bonchev–Trinajstić information content (AvgIpc) is 2.93. The van der Waals surface area contributed by atoms with Gasteiger partial charge in [0, 0.05) is 17.7 Å². The summed E-state index contributed by atoms with van der Waals surface area (Å²) >= 11 is 0. The van der Waals surface area contributed by atoms with Crippen LogP contribution in [-0.2, 0) is 14.4 Å². The van der Waals surface area contributed by atoms with Gasteiger partial charge in [0.15, 0.2) is 5.78 Å². The van der Waals surface area contributed by atoms with Crippen molar-refractivity contribution < 1.29 is 24.1 Å². The molecule has 0 atom stereocenters. The number of benzene rings is 2. The molecule has 9 nitrogen and oxygen atoms in total. The number of nitrogens with zero attached hydrogens (tertiary/aromatic N) is 2. The number of hydrogen-bond acceptors (Lipinski definition) is 6. The number of Topliss-reactive ketones (excluding diaryl/α,β-unsaturated/α-hetero) is 2. The van der Waals surface area contributed by atoms with Crippen molar-refractivity contribution in [1.82, 2.24) is 0 Å². The monoisotopic (exact) mass is 363 g/mol. The number of fused-ring (bicyclic) bond motifs is 3. The normalized spacial score (nSPS) is 15.4. The van der Waals surface area contributed by atoms with Crippen LogP contribution in [0.1, 0.15) is 10.4 Å². The van der Waals surface area contributed by atoms with E-state index in [2.05, 4.69) is 5.32 Å². The van der Waals surface area contributed by atoms with Gasteiger partial charge in [0.2, 0.25) is 0 Å². The van der Waals surface area contributed by atoms with E-state index in [1.807, 2.05) is 0 Å². The van der Waals surface area contributed by atoms with Crippen LogP contribution in [0.15, 0.2) is 59.8 Å². The first kappa shape index (κ1) is 16.3. The fraction of sp³-hybridized carbons (Fsp3) is 0. The Hall–Kier alpha value is -4.14. The van der Waals surface area contributed by atoms with E-state index in [1.54, 1.807) is 24.3 Å². The van der Waals surface area contributed by atoms with E-state index in [-0.39, 0.29) is 22.6 Å². The maximum absolute atomic E-state index is 12.8. The number of amides is 2. The van der Waals surface area contributed by atoms with Crippen molar-refractivity contribution in [3.63, 3.8) is 0 Å². The maximum atomic E-state index is 12.8. The number of hydrogen-bond donors (Lipinski definition) is 1. The molecule has 2 aromatic carbocycles. The molecule has 0 aromatic heterocycles. The van der Waals surface area contributed by atoms with Gasteiger partial charge in [-0.15, -0.1) is 0 Å². The quantitative estimate of drug-likeness (QED) is 0.290. The molecule has 1 N–H and O–H groups in total. The Morgan fingerprint density at radius 1 is 1.00 bits per heavy atom. The first-order chi connectivity index (χ1) is 12.9. The molecule has 9 heteroatoms. The van der Waals surface area contributed by atoms with E-state index in [4.69, 9.17) is 0 Å². The van der Waals surface area contributed by atoms with E-state index >= 15 is 0 Å². The van der Waals surface area contributed by atoms with E-state index in [0.29, 0.717) is 5.69 Å². The van der Waals surface area contributed by atoms with E-state index < -0.39 is 33.9 Å². The highest BCUT2D eigenvalue weighted by Gasteiger charge is 2.48. The molecule has 2 aliphatic heterocycles. The predicted octanol–water partition coefficient (Wildman–Crippen LogP) is 1.60. The van der Waals surface area contributed by atoms with Crippen LogP contribution in [-0.4, -0.2) is 28.3 Å². The number of para-hydroxylation sites is 2. The first-order valence-electron chi connectivity index (χ1n) is 7.72. The molecule has 0 fully saturated rings. The Balaban J connectivity index is 1.84. The molecule has 2 amide bonds. The van der Waals surface area contributed by atoms with Crippen LogP contribution in [0.5, 0.6) is 0 Å². The summed E-state index contributed by atoms with van der Waals surface area (Å²) in [4.78, 5) is 61.2. The van der Waals surface area contributed by atoms with Crippen molar-refractivity contribution in [2.24, 2.45) is 0 Å². The lowest BCUT2D eigenvalue weighted by molar-refractivity contribution is -0.384. The fourth-order valence-electron chi connectivity index (χ4n) is 3.02. The number of nitro benzene ring substituents is 1. The van der Waals surface area contributed by atoms with E-state index in [0.717, 1.165) is 17.0 Å². The van der Waals surface area contributed by atoms with Gasteiger partial charge < -0.3 is 5.32 Å². The summed E-state index contributed by atoms with van der Waals surface area (Å²) in [6.45, 7) is 0. The number of carbonyl (C=O) groups excluding carboxylic acids is 4. The van der Waals surface area contributed by atoms with Crippen molar-refractivity contribution in [3.8, 4) is 0 Å². The summed E-state index contributed by atoms with van der Waals surface area (Å²) < 4.78 is 0. The van der Waals surface area contributed by atoms with Gasteiger partial charge in [-0.3, -0.25) is 34.2 Å². The minimum absolute atomic E-state index is 0.0437. The van der Waals surface area contributed by atoms with Crippen LogP contribution < -0.4 is 10.2 Å². The number of ketones is 2. The summed E-state index contributed by atoms with van der Waals surface area (Å²) in [5.41, 5.74) is -0.539. The molecule has 27 heavy (non-hydrogen) atoms. The lowest BCUT2D eigenvalue weighted by Crippen LogP contribution is -2.37. The predicted molar refractivity (Wildman–Crippen MR) is 92.0 cm³/mol. The van der Waals surface area contributed by atoms with Crippen molar-refractivity contribution in [2.75, 3.05) is 10.2 Å². The van der Waals surface area contributed by atoms with E-state index in [1.165, 1.54) is 12.1 Å². The molecule has 2 heterocycles. The van der Waals surface area contributed by atoms with Gasteiger partial charge in [0.05, 0.1) is 16.3 Å². The Morgan fingerprint density at radius 2 is 1.67 bits per heavy atom. The van der Waals surface area contributed by atoms with E-state index in [9.17, 15) is 29.3 Å². The molecule has 0 bridgehead atoms. The van der Waals surface area contributed by atoms with Crippen LogP contribution in [0.4, 0.5) is 17.1 Å². The van der Waals surface area contributed by atoms with Crippen molar-refractivity contribution in [2.45, 2.75) is 0 Å². The zero-order chi connectivity index (χ0) is 19.3. The largest absolute Gasteiger partial charge is 0.319 e. The summed E-state index contributed by atoms with van der Waals surface area (Å²) in [6, 6.07) is 10.9. The molecule has 4 rings (SSSR count). The molecule has 132 valence electrons. The lowest BCUT2D eigenvalue weighted by atomic mass is 9.99. The molecule has 0 spiro atoms. The second-order valence-corrected chi connectivity index (χ2v) is 5.80. The highest BCUT2D eigenvalue weighted by atomic mass is 16.6. The Bertz CT molecular complexity index is 1100. The first-order valence-corrected chi connectivity index (χ1v) is 7.72. The van der Waals surface area contributed by atoms with Crippen LogP contribution in [0.2, 0.25) is 0 Å². The SMILES string of the molecule is O=C1Nc2ccccc2N2C(=O)C(=O)C(C(=O)c3ccc([N+](=O)[O-])cc3)=C12. The van der Waals surface area contributed by atoms with Crippen molar-refractivity contribution in [3.05, 3.63) is 75.5 Å². The zero-order valence-corrected chi connectivity index (χ0v) is 13.5.